The van der Waals surface area contributed by atoms with Gasteiger partial charge in [-0.3, -0.25) is 9.59 Å². The molecule has 4 nitrogen and oxygen atoms in total. The molecule has 26 heavy (non-hydrogen) atoms. The molecule has 1 atom stereocenters. The Balaban J connectivity index is 1.96. The van der Waals surface area contributed by atoms with Gasteiger partial charge in [-0.05, 0) is 30.5 Å². The maximum absolute atomic E-state index is 12.5. The summed E-state index contributed by atoms with van der Waals surface area (Å²) >= 11 is 1.57. The van der Waals surface area contributed by atoms with Crippen molar-refractivity contribution >= 4 is 29.3 Å². The van der Waals surface area contributed by atoms with Gasteiger partial charge in [0, 0.05) is 12.3 Å². The van der Waals surface area contributed by atoms with E-state index in [1.165, 1.54) is 5.56 Å². The summed E-state index contributed by atoms with van der Waals surface area (Å²) < 4.78 is 0. The molecule has 2 N–H and O–H groups in total. The van der Waals surface area contributed by atoms with Crippen molar-refractivity contribution in [3.63, 3.8) is 0 Å². The Morgan fingerprint density at radius 3 is 2.31 bits per heavy atom. The van der Waals surface area contributed by atoms with Gasteiger partial charge < -0.3 is 10.6 Å². The molecule has 2 amide bonds. The molecule has 0 aliphatic heterocycles. The van der Waals surface area contributed by atoms with Gasteiger partial charge in [-0.15, -0.1) is 11.8 Å². The third-order valence-corrected chi connectivity index (χ3v) is 5.03. The van der Waals surface area contributed by atoms with E-state index in [9.17, 15) is 9.59 Å². The van der Waals surface area contributed by atoms with Crippen LogP contribution in [0.15, 0.2) is 54.6 Å². The van der Waals surface area contributed by atoms with Crippen LogP contribution in [0.4, 0.5) is 5.69 Å². The van der Waals surface area contributed by atoms with Crippen LogP contribution in [0, 0.1) is 5.92 Å². The van der Waals surface area contributed by atoms with Crippen molar-refractivity contribution in [3.8, 4) is 0 Å². The van der Waals surface area contributed by atoms with Gasteiger partial charge in [0.15, 0.2) is 0 Å². The van der Waals surface area contributed by atoms with Gasteiger partial charge >= 0.3 is 0 Å². The highest BCUT2D eigenvalue weighted by molar-refractivity contribution is 7.99. The van der Waals surface area contributed by atoms with E-state index in [1.54, 1.807) is 30.0 Å². The van der Waals surface area contributed by atoms with Crippen LogP contribution < -0.4 is 10.6 Å². The number of para-hydroxylation sites is 1. The third kappa shape index (κ3) is 6.23. The SMILES string of the molecule is CC(C)CNC(=O)c1ccccc1NC(=O)[C@@H](C)SCc1ccccc1. The van der Waals surface area contributed by atoms with Gasteiger partial charge in [0.25, 0.3) is 5.91 Å². The predicted octanol–water partition coefficient (Wildman–Crippen LogP) is 4.33. The maximum atomic E-state index is 12.5. The van der Waals surface area contributed by atoms with E-state index in [-0.39, 0.29) is 17.1 Å². The lowest BCUT2D eigenvalue weighted by Gasteiger charge is -2.15. The molecule has 0 aromatic heterocycles. The zero-order valence-electron chi connectivity index (χ0n) is 15.5. The second-order valence-corrected chi connectivity index (χ2v) is 7.91. The van der Waals surface area contributed by atoms with E-state index in [1.807, 2.05) is 57.2 Å². The molecular formula is C21H26N2O2S. The average Bonchev–Trinajstić information content (AvgIpc) is 2.65. The first kappa shape index (κ1) is 20.0. The zero-order chi connectivity index (χ0) is 18.9. The van der Waals surface area contributed by atoms with Gasteiger partial charge in [0.1, 0.15) is 0 Å². The first-order chi connectivity index (χ1) is 12.5. The summed E-state index contributed by atoms with van der Waals surface area (Å²) in [5.41, 5.74) is 2.22. The predicted molar refractivity (Wildman–Crippen MR) is 109 cm³/mol. The molecule has 0 bridgehead atoms. The number of thioether (sulfide) groups is 1. The normalized spacial score (nSPS) is 11.8. The summed E-state index contributed by atoms with van der Waals surface area (Å²) in [6.45, 7) is 6.56. The van der Waals surface area contributed by atoms with E-state index in [4.69, 9.17) is 0 Å². The number of benzene rings is 2. The summed E-state index contributed by atoms with van der Waals surface area (Å²) in [6.07, 6.45) is 0. The van der Waals surface area contributed by atoms with Crippen molar-refractivity contribution < 1.29 is 9.59 Å². The minimum Gasteiger partial charge on any atom is -0.352 e. The molecule has 5 heteroatoms. The number of carbonyl (C=O) groups excluding carboxylic acids is 2. The van der Waals surface area contributed by atoms with Crippen LogP contribution in [0.2, 0.25) is 0 Å². The lowest BCUT2D eigenvalue weighted by molar-refractivity contribution is -0.115. The molecule has 0 fully saturated rings. The highest BCUT2D eigenvalue weighted by atomic mass is 32.2. The summed E-state index contributed by atoms with van der Waals surface area (Å²) in [5, 5.41) is 5.57. The van der Waals surface area contributed by atoms with Crippen LogP contribution in [0.1, 0.15) is 36.7 Å². The van der Waals surface area contributed by atoms with E-state index >= 15 is 0 Å². The third-order valence-electron chi connectivity index (χ3n) is 3.81. The largest absolute Gasteiger partial charge is 0.352 e. The first-order valence-electron chi connectivity index (χ1n) is 8.81. The lowest BCUT2D eigenvalue weighted by Crippen LogP contribution is -2.29. The number of carbonyl (C=O) groups is 2. The van der Waals surface area contributed by atoms with Gasteiger partial charge in [-0.2, -0.15) is 0 Å². The molecule has 2 rings (SSSR count). The van der Waals surface area contributed by atoms with Crippen LogP contribution in [0.5, 0.6) is 0 Å². The summed E-state index contributed by atoms with van der Waals surface area (Å²) in [7, 11) is 0. The van der Waals surface area contributed by atoms with E-state index in [0.717, 1.165) is 5.75 Å². The molecular weight excluding hydrogens is 344 g/mol. The number of hydrogen-bond donors (Lipinski definition) is 2. The van der Waals surface area contributed by atoms with E-state index in [2.05, 4.69) is 10.6 Å². The highest BCUT2D eigenvalue weighted by Crippen LogP contribution is 2.21. The number of anilines is 1. The molecule has 0 aliphatic rings. The molecule has 2 aromatic carbocycles. The van der Waals surface area contributed by atoms with Crippen molar-refractivity contribution in [2.24, 2.45) is 5.92 Å². The zero-order valence-corrected chi connectivity index (χ0v) is 16.3. The second kappa shape index (κ2) is 10.0. The molecule has 0 aliphatic carbocycles. The quantitative estimate of drug-likeness (QED) is 0.727. The smallest absolute Gasteiger partial charge is 0.253 e. The fourth-order valence-electron chi connectivity index (χ4n) is 2.29. The number of rotatable bonds is 8. The van der Waals surface area contributed by atoms with Crippen LogP contribution in [-0.2, 0) is 10.5 Å². The molecule has 0 unspecified atom stereocenters. The molecule has 2 aromatic rings. The maximum Gasteiger partial charge on any atom is 0.253 e. The molecule has 0 saturated heterocycles. The second-order valence-electron chi connectivity index (χ2n) is 6.58. The Kier molecular flexibility index (Phi) is 7.73. The molecule has 0 heterocycles. The molecule has 0 spiro atoms. The number of hydrogen-bond acceptors (Lipinski definition) is 3. The number of nitrogens with one attached hydrogen (secondary N) is 2. The molecule has 0 saturated carbocycles. The van der Waals surface area contributed by atoms with E-state index in [0.29, 0.717) is 23.7 Å². The Hall–Kier alpha value is -2.27. The van der Waals surface area contributed by atoms with Crippen LogP contribution in [-0.4, -0.2) is 23.6 Å². The lowest BCUT2D eigenvalue weighted by atomic mass is 10.1. The standard InChI is InChI=1S/C21H26N2O2S/c1-15(2)13-22-21(25)18-11-7-8-12-19(18)23-20(24)16(3)26-14-17-9-5-4-6-10-17/h4-12,15-16H,13-14H2,1-3H3,(H,22,25)(H,23,24)/t16-/m1/s1. The van der Waals surface area contributed by atoms with Gasteiger partial charge in [0.2, 0.25) is 5.91 Å². The van der Waals surface area contributed by atoms with Crippen LogP contribution >= 0.6 is 11.8 Å². The van der Waals surface area contributed by atoms with Gasteiger partial charge in [-0.1, -0.05) is 56.3 Å². The van der Waals surface area contributed by atoms with Crippen molar-refractivity contribution in [1.29, 1.82) is 0 Å². The topological polar surface area (TPSA) is 58.2 Å². The Morgan fingerprint density at radius 2 is 1.62 bits per heavy atom. The monoisotopic (exact) mass is 370 g/mol. The van der Waals surface area contributed by atoms with Gasteiger partial charge in [-0.25, -0.2) is 0 Å². The summed E-state index contributed by atoms with van der Waals surface area (Å²) in [6, 6.07) is 17.2. The van der Waals surface area contributed by atoms with Crippen molar-refractivity contribution in [2.75, 3.05) is 11.9 Å². The Bertz CT molecular complexity index is 732. The number of amides is 2. The van der Waals surface area contributed by atoms with E-state index < -0.39 is 0 Å². The molecule has 0 radical (unpaired) electrons. The van der Waals surface area contributed by atoms with Crippen LogP contribution in [0.3, 0.4) is 0 Å². The minimum atomic E-state index is -0.220. The minimum absolute atomic E-state index is 0.102. The summed E-state index contributed by atoms with van der Waals surface area (Å²) in [4.78, 5) is 24.9. The fourth-order valence-corrected chi connectivity index (χ4v) is 3.13. The van der Waals surface area contributed by atoms with Crippen molar-refractivity contribution in [3.05, 3.63) is 65.7 Å². The van der Waals surface area contributed by atoms with Gasteiger partial charge in [0.05, 0.1) is 16.5 Å². The Morgan fingerprint density at radius 1 is 0.962 bits per heavy atom. The first-order valence-corrected chi connectivity index (χ1v) is 9.86. The Labute approximate surface area is 159 Å². The highest BCUT2D eigenvalue weighted by Gasteiger charge is 2.17. The van der Waals surface area contributed by atoms with Crippen LogP contribution in [0.25, 0.3) is 0 Å². The van der Waals surface area contributed by atoms with Crippen molar-refractivity contribution in [2.45, 2.75) is 31.8 Å². The fraction of sp³-hybridized carbons (Fsp3) is 0.333. The van der Waals surface area contributed by atoms with Crippen molar-refractivity contribution in [1.82, 2.24) is 5.32 Å². The average molecular weight is 371 g/mol. The molecule has 138 valence electrons. The summed E-state index contributed by atoms with van der Waals surface area (Å²) in [5.74, 6) is 0.871.